The van der Waals surface area contributed by atoms with Crippen LogP contribution in [0.2, 0.25) is 0 Å². The van der Waals surface area contributed by atoms with Crippen LogP contribution in [0.4, 0.5) is 0 Å². The predicted molar refractivity (Wildman–Crippen MR) is 90.2 cm³/mol. The molecule has 142 valence electrons. The lowest BCUT2D eigenvalue weighted by atomic mass is 10.0. The zero-order valence-corrected chi connectivity index (χ0v) is 14.7. The normalized spacial score (nSPS) is 19.5. The molecule has 0 saturated carbocycles. The van der Waals surface area contributed by atoms with Gasteiger partial charge in [-0.25, -0.2) is 4.79 Å². The molecule has 9 nitrogen and oxygen atoms in total. The van der Waals surface area contributed by atoms with Crippen molar-refractivity contribution in [3.8, 4) is 0 Å². The minimum Gasteiger partial charge on any atom is -0.480 e. The fraction of sp³-hybridized carbons (Fsp3) is 0.750. The molecule has 9 heteroatoms. The molecule has 0 aromatic carbocycles. The number of carboxylic acids is 1. The summed E-state index contributed by atoms with van der Waals surface area (Å²) in [6.45, 7) is 4.16. The SMILES string of the molecule is CC(C)CC(NC(=O)C(N)CCC(N)=O)C(=O)N1CCCC1C(=O)O. The lowest BCUT2D eigenvalue weighted by molar-refractivity contribution is -0.149. The van der Waals surface area contributed by atoms with Crippen molar-refractivity contribution in [2.75, 3.05) is 6.54 Å². The van der Waals surface area contributed by atoms with Crippen molar-refractivity contribution in [3.05, 3.63) is 0 Å². The summed E-state index contributed by atoms with van der Waals surface area (Å²) in [6, 6.07) is -2.65. The molecule has 6 N–H and O–H groups in total. The monoisotopic (exact) mass is 356 g/mol. The Balaban J connectivity index is 2.79. The van der Waals surface area contributed by atoms with Gasteiger partial charge in [-0.2, -0.15) is 0 Å². The minimum absolute atomic E-state index is 0.0232. The van der Waals surface area contributed by atoms with Gasteiger partial charge in [0.25, 0.3) is 0 Å². The molecule has 3 atom stereocenters. The van der Waals surface area contributed by atoms with E-state index < -0.39 is 41.8 Å². The van der Waals surface area contributed by atoms with E-state index in [9.17, 15) is 24.3 Å². The topological polar surface area (TPSA) is 156 Å². The van der Waals surface area contributed by atoms with E-state index in [1.54, 1.807) is 0 Å². The smallest absolute Gasteiger partial charge is 0.326 e. The van der Waals surface area contributed by atoms with Crippen LogP contribution in [0.25, 0.3) is 0 Å². The molecular weight excluding hydrogens is 328 g/mol. The highest BCUT2D eigenvalue weighted by Gasteiger charge is 2.38. The van der Waals surface area contributed by atoms with E-state index in [-0.39, 0.29) is 18.8 Å². The first-order valence-electron chi connectivity index (χ1n) is 8.51. The van der Waals surface area contributed by atoms with E-state index in [1.807, 2.05) is 13.8 Å². The van der Waals surface area contributed by atoms with Crippen LogP contribution in [-0.2, 0) is 19.2 Å². The summed E-state index contributed by atoms with van der Waals surface area (Å²) < 4.78 is 0. The van der Waals surface area contributed by atoms with Crippen molar-refractivity contribution < 1.29 is 24.3 Å². The Kier molecular flexibility index (Phi) is 7.82. The molecule has 3 amide bonds. The maximum Gasteiger partial charge on any atom is 0.326 e. The third kappa shape index (κ3) is 6.33. The number of nitrogens with one attached hydrogen (secondary N) is 1. The Bertz CT molecular complexity index is 523. The number of aliphatic carboxylic acids is 1. The number of nitrogens with two attached hydrogens (primary N) is 2. The molecule has 0 aromatic heterocycles. The lowest BCUT2D eigenvalue weighted by Gasteiger charge is -2.29. The van der Waals surface area contributed by atoms with Gasteiger partial charge in [0, 0.05) is 13.0 Å². The van der Waals surface area contributed by atoms with E-state index in [0.29, 0.717) is 25.8 Å². The number of amides is 3. The fourth-order valence-electron chi connectivity index (χ4n) is 2.89. The summed E-state index contributed by atoms with van der Waals surface area (Å²) >= 11 is 0. The lowest BCUT2D eigenvalue weighted by Crippen LogP contribution is -2.54. The highest BCUT2D eigenvalue weighted by Crippen LogP contribution is 2.20. The number of carbonyl (C=O) groups is 4. The highest BCUT2D eigenvalue weighted by atomic mass is 16.4. The van der Waals surface area contributed by atoms with Gasteiger partial charge in [0.2, 0.25) is 17.7 Å². The number of rotatable bonds is 9. The molecule has 3 unspecified atom stereocenters. The zero-order valence-electron chi connectivity index (χ0n) is 14.7. The van der Waals surface area contributed by atoms with Gasteiger partial charge in [-0.1, -0.05) is 13.8 Å². The van der Waals surface area contributed by atoms with Crippen LogP contribution in [0.15, 0.2) is 0 Å². The van der Waals surface area contributed by atoms with Crippen molar-refractivity contribution in [1.82, 2.24) is 10.2 Å². The molecule has 0 spiro atoms. The summed E-state index contributed by atoms with van der Waals surface area (Å²) in [6.07, 6.45) is 1.45. The van der Waals surface area contributed by atoms with E-state index in [0.717, 1.165) is 0 Å². The summed E-state index contributed by atoms with van der Waals surface area (Å²) in [5.74, 6) is -2.44. The predicted octanol–water partition coefficient (Wildman–Crippen LogP) is -0.814. The number of hydrogen-bond acceptors (Lipinski definition) is 5. The first kappa shape index (κ1) is 20.9. The fourth-order valence-corrected chi connectivity index (χ4v) is 2.89. The first-order chi connectivity index (χ1) is 11.6. The van der Waals surface area contributed by atoms with Gasteiger partial charge >= 0.3 is 5.97 Å². The Hall–Kier alpha value is -2.16. The van der Waals surface area contributed by atoms with Gasteiger partial charge in [-0.15, -0.1) is 0 Å². The quantitative estimate of drug-likeness (QED) is 0.423. The average molecular weight is 356 g/mol. The molecule has 1 aliphatic heterocycles. The van der Waals surface area contributed by atoms with E-state index >= 15 is 0 Å². The number of carbonyl (C=O) groups excluding carboxylic acids is 3. The van der Waals surface area contributed by atoms with Crippen LogP contribution in [0.1, 0.15) is 46.0 Å². The first-order valence-corrected chi connectivity index (χ1v) is 8.51. The van der Waals surface area contributed by atoms with Gasteiger partial charge in [0.05, 0.1) is 6.04 Å². The third-order valence-electron chi connectivity index (χ3n) is 4.18. The van der Waals surface area contributed by atoms with Gasteiger partial charge in [0.1, 0.15) is 12.1 Å². The molecule has 1 rings (SSSR count). The molecule has 1 heterocycles. The minimum atomic E-state index is -1.04. The summed E-state index contributed by atoms with van der Waals surface area (Å²) in [5, 5.41) is 11.9. The molecule has 1 fully saturated rings. The van der Waals surface area contributed by atoms with E-state index in [2.05, 4.69) is 5.32 Å². The van der Waals surface area contributed by atoms with Crippen LogP contribution in [0, 0.1) is 5.92 Å². The molecule has 0 bridgehead atoms. The number of primary amides is 1. The van der Waals surface area contributed by atoms with Gasteiger partial charge in [0.15, 0.2) is 0 Å². The maximum atomic E-state index is 12.8. The number of nitrogens with zero attached hydrogens (tertiary/aromatic N) is 1. The van der Waals surface area contributed by atoms with Crippen molar-refractivity contribution >= 4 is 23.7 Å². The molecule has 0 aliphatic carbocycles. The van der Waals surface area contributed by atoms with Crippen molar-refractivity contribution in [3.63, 3.8) is 0 Å². The third-order valence-corrected chi connectivity index (χ3v) is 4.18. The molecule has 1 saturated heterocycles. The Labute approximate surface area is 147 Å². The molecule has 25 heavy (non-hydrogen) atoms. The maximum absolute atomic E-state index is 12.8. The molecule has 1 aliphatic rings. The van der Waals surface area contributed by atoms with Crippen LogP contribution in [-0.4, -0.2) is 58.4 Å². The van der Waals surface area contributed by atoms with E-state index in [4.69, 9.17) is 11.5 Å². The highest BCUT2D eigenvalue weighted by molar-refractivity contribution is 5.92. The Morgan fingerprint density at radius 2 is 1.92 bits per heavy atom. The van der Waals surface area contributed by atoms with Crippen molar-refractivity contribution in [1.29, 1.82) is 0 Å². The van der Waals surface area contributed by atoms with E-state index in [1.165, 1.54) is 4.90 Å². The Morgan fingerprint density at radius 3 is 2.44 bits per heavy atom. The van der Waals surface area contributed by atoms with Gasteiger partial charge in [-0.3, -0.25) is 14.4 Å². The average Bonchev–Trinajstić information content (AvgIpc) is 3.00. The standard InChI is InChI=1S/C16H28N4O5/c1-9(2)8-11(19-14(22)10(17)5-6-13(18)21)15(23)20-7-3-4-12(20)16(24)25/h9-12H,3-8,17H2,1-2H3,(H2,18,21)(H,19,22)(H,24,25). The molecule has 0 aromatic rings. The summed E-state index contributed by atoms with van der Waals surface area (Å²) in [5.41, 5.74) is 10.8. The van der Waals surface area contributed by atoms with Gasteiger partial charge < -0.3 is 26.8 Å². The number of carboxylic acid groups (broad SMARTS) is 1. The second-order valence-electron chi connectivity index (χ2n) is 6.83. The van der Waals surface area contributed by atoms with Crippen LogP contribution in [0.3, 0.4) is 0 Å². The van der Waals surface area contributed by atoms with Gasteiger partial charge in [-0.05, 0) is 31.6 Å². The van der Waals surface area contributed by atoms with Crippen molar-refractivity contribution in [2.24, 2.45) is 17.4 Å². The second kappa shape index (κ2) is 9.36. The second-order valence-corrected chi connectivity index (χ2v) is 6.83. The number of likely N-dealkylation sites (tertiary alicyclic amines) is 1. The van der Waals surface area contributed by atoms with Crippen LogP contribution < -0.4 is 16.8 Å². The Morgan fingerprint density at radius 1 is 1.28 bits per heavy atom. The summed E-state index contributed by atoms with van der Waals surface area (Å²) in [7, 11) is 0. The molecule has 0 radical (unpaired) electrons. The number of hydrogen-bond donors (Lipinski definition) is 4. The largest absolute Gasteiger partial charge is 0.480 e. The van der Waals surface area contributed by atoms with Crippen LogP contribution >= 0.6 is 0 Å². The molecular formula is C16H28N4O5. The van der Waals surface area contributed by atoms with Crippen molar-refractivity contribution in [2.45, 2.75) is 64.1 Å². The zero-order chi connectivity index (χ0) is 19.1. The summed E-state index contributed by atoms with van der Waals surface area (Å²) in [4.78, 5) is 48.4. The van der Waals surface area contributed by atoms with Crippen LogP contribution in [0.5, 0.6) is 0 Å².